The van der Waals surface area contributed by atoms with Crippen molar-refractivity contribution in [1.82, 2.24) is 5.32 Å². The molecule has 4 nitrogen and oxygen atoms in total. The molecule has 5 heteroatoms. The van der Waals surface area contributed by atoms with E-state index in [1.54, 1.807) is 11.3 Å². The maximum atomic E-state index is 12.5. The van der Waals surface area contributed by atoms with Gasteiger partial charge in [0.25, 0.3) is 0 Å². The Bertz CT molecular complexity index is 805. The number of hydrogen-bond acceptors (Lipinski definition) is 4. The molecule has 1 aliphatic carbocycles. The lowest BCUT2D eigenvalue weighted by molar-refractivity contribution is -0.115. The Balaban J connectivity index is 1.66. The van der Waals surface area contributed by atoms with Crippen LogP contribution in [0.15, 0.2) is 30.3 Å². The minimum atomic E-state index is -0.0957. The van der Waals surface area contributed by atoms with Gasteiger partial charge in [-0.3, -0.25) is 4.79 Å². The van der Waals surface area contributed by atoms with Crippen molar-refractivity contribution in [3.63, 3.8) is 0 Å². The normalized spacial score (nSPS) is 14.5. The van der Waals surface area contributed by atoms with E-state index in [2.05, 4.69) is 42.7 Å². The highest BCUT2D eigenvalue weighted by Crippen LogP contribution is 2.37. The van der Waals surface area contributed by atoms with Gasteiger partial charge in [0, 0.05) is 10.9 Å². The topological polar surface area (TPSA) is 64.9 Å². The maximum absolute atomic E-state index is 12.5. The van der Waals surface area contributed by atoms with Crippen molar-refractivity contribution in [2.45, 2.75) is 45.6 Å². The summed E-state index contributed by atoms with van der Waals surface area (Å²) in [7, 11) is 0. The van der Waals surface area contributed by atoms with E-state index < -0.39 is 0 Å². The molecule has 0 spiro atoms. The molecule has 0 aliphatic heterocycles. The molecule has 1 aromatic carbocycles. The van der Waals surface area contributed by atoms with Crippen LogP contribution in [0.4, 0.5) is 5.00 Å². The number of fused-ring (bicyclic) bond motifs is 1. The molecule has 3 rings (SSSR count). The lowest BCUT2D eigenvalue weighted by Gasteiger charge is -2.22. The Hall–Kier alpha value is -2.16. The lowest BCUT2D eigenvalue weighted by Crippen LogP contribution is -2.33. The van der Waals surface area contributed by atoms with E-state index in [4.69, 9.17) is 0 Å². The predicted molar refractivity (Wildman–Crippen MR) is 106 cm³/mol. The summed E-state index contributed by atoms with van der Waals surface area (Å²) in [6.07, 6.45) is 4.26. The lowest BCUT2D eigenvalue weighted by atomic mass is 9.96. The van der Waals surface area contributed by atoms with Crippen LogP contribution in [0, 0.1) is 17.2 Å². The number of hydrogen-bond donors (Lipinski definition) is 2. The molecule has 136 valence electrons. The highest BCUT2D eigenvalue weighted by Gasteiger charge is 2.22. The van der Waals surface area contributed by atoms with Crippen molar-refractivity contribution < 1.29 is 4.79 Å². The Labute approximate surface area is 159 Å². The minimum absolute atomic E-state index is 0.0957. The number of carbonyl (C=O) groups is 1. The van der Waals surface area contributed by atoms with Crippen molar-refractivity contribution in [1.29, 1.82) is 5.26 Å². The summed E-state index contributed by atoms with van der Waals surface area (Å²) in [5.41, 5.74) is 3.00. The summed E-state index contributed by atoms with van der Waals surface area (Å²) in [5, 5.41) is 16.5. The first-order valence-corrected chi connectivity index (χ1v) is 10.0. The van der Waals surface area contributed by atoms with Crippen LogP contribution in [0.1, 0.15) is 54.3 Å². The molecule has 0 bridgehead atoms. The minimum Gasteiger partial charge on any atom is -0.315 e. The van der Waals surface area contributed by atoms with E-state index in [0.29, 0.717) is 16.5 Å². The van der Waals surface area contributed by atoms with Crippen LogP contribution in [0.3, 0.4) is 0 Å². The molecule has 26 heavy (non-hydrogen) atoms. The molecular formula is C21H25N3OS. The Morgan fingerprint density at radius 2 is 1.96 bits per heavy atom. The second-order valence-corrected chi connectivity index (χ2v) is 8.19. The van der Waals surface area contributed by atoms with Crippen LogP contribution in [-0.4, -0.2) is 12.5 Å². The molecule has 2 N–H and O–H groups in total. The molecule has 0 saturated carbocycles. The summed E-state index contributed by atoms with van der Waals surface area (Å²) in [6, 6.07) is 12.6. The van der Waals surface area contributed by atoms with Crippen LogP contribution >= 0.6 is 11.3 Å². The summed E-state index contributed by atoms with van der Waals surface area (Å²) in [4.78, 5) is 13.7. The van der Waals surface area contributed by atoms with Gasteiger partial charge in [0.2, 0.25) is 5.91 Å². The molecule has 0 radical (unpaired) electrons. The smallest absolute Gasteiger partial charge is 0.238 e. The zero-order valence-electron chi connectivity index (χ0n) is 15.3. The molecule has 1 aliphatic rings. The first-order valence-electron chi connectivity index (χ1n) is 9.23. The van der Waals surface area contributed by atoms with Crippen LogP contribution in [0.5, 0.6) is 0 Å². The Morgan fingerprint density at radius 3 is 2.65 bits per heavy atom. The molecule has 1 heterocycles. The van der Waals surface area contributed by atoms with Gasteiger partial charge in [-0.15, -0.1) is 11.3 Å². The van der Waals surface area contributed by atoms with Gasteiger partial charge in [-0.1, -0.05) is 44.2 Å². The quantitative estimate of drug-likeness (QED) is 0.794. The van der Waals surface area contributed by atoms with Crippen molar-refractivity contribution >= 4 is 22.2 Å². The van der Waals surface area contributed by atoms with Gasteiger partial charge in [-0.05, 0) is 42.7 Å². The Kier molecular flexibility index (Phi) is 6.08. The number of thiophene rings is 1. The zero-order valence-corrected chi connectivity index (χ0v) is 16.2. The van der Waals surface area contributed by atoms with E-state index in [1.807, 2.05) is 18.2 Å². The molecule has 1 atom stereocenters. The van der Waals surface area contributed by atoms with Crippen molar-refractivity contribution in [3.8, 4) is 6.07 Å². The second-order valence-electron chi connectivity index (χ2n) is 7.09. The van der Waals surface area contributed by atoms with Crippen LogP contribution in [0.2, 0.25) is 0 Å². The van der Waals surface area contributed by atoms with Gasteiger partial charge in [0.15, 0.2) is 0 Å². The first-order chi connectivity index (χ1) is 12.6. The number of carbonyl (C=O) groups excluding carboxylic acids is 1. The Morgan fingerprint density at radius 1 is 1.23 bits per heavy atom. The van der Waals surface area contributed by atoms with Crippen molar-refractivity contribution in [2.24, 2.45) is 5.92 Å². The summed E-state index contributed by atoms with van der Waals surface area (Å²) >= 11 is 1.57. The van der Waals surface area contributed by atoms with Gasteiger partial charge in [0.05, 0.1) is 12.1 Å². The van der Waals surface area contributed by atoms with Crippen LogP contribution < -0.4 is 10.6 Å². The number of nitrogens with one attached hydrogen (secondary N) is 2. The highest BCUT2D eigenvalue weighted by molar-refractivity contribution is 7.16. The van der Waals surface area contributed by atoms with Crippen molar-refractivity contribution in [3.05, 3.63) is 51.9 Å². The number of nitriles is 1. The fraction of sp³-hybridized carbons (Fsp3) is 0.429. The SMILES string of the molecule is CC(C)[C@H](NCC(=O)Nc1sc2c(c1C#N)CCCC2)c1ccccc1. The number of aryl methyl sites for hydroxylation is 1. The van der Waals surface area contributed by atoms with E-state index in [0.717, 1.165) is 24.8 Å². The van der Waals surface area contributed by atoms with Gasteiger partial charge >= 0.3 is 0 Å². The highest BCUT2D eigenvalue weighted by atomic mass is 32.1. The second kappa shape index (κ2) is 8.48. The number of amides is 1. The molecule has 0 unspecified atom stereocenters. The number of anilines is 1. The third kappa shape index (κ3) is 4.14. The van der Waals surface area contributed by atoms with E-state index >= 15 is 0 Å². The van der Waals surface area contributed by atoms with Gasteiger partial charge in [-0.25, -0.2) is 0 Å². The zero-order chi connectivity index (χ0) is 18.5. The third-order valence-electron chi connectivity index (χ3n) is 4.84. The summed E-state index contributed by atoms with van der Waals surface area (Å²) < 4.78 is 0. The van der Waals surface area contributed by atoms with Crippen molar-refractivity contribution in [2.75, 3.05) is 11.9 Å². The molecule has 0 saturated heterocycles. The van der Waals surface area contributed by atoms with Gasteiger partial charge in [0.1, 0.15) is 11.1 Å². The molecule has 1 amide bonds. The average molecular weight is 368 g/mol. The number of rotatable bonds is 6. The van der Waals surface area contributed by atoms with E-state index in [-0.39, 0.29) is 18.5 Å². The largest absolute Gasteiger partial charge is 0.315 e. The van der Waals surface area contributed by atoms with Gasteiger partial charge in [-0.2, -0.15) is 5.26 Å². The van der Waals surface area contributed by atoms with Gasteiger partial charge < -0.3 is 10.6 Å². The molecule has 2 aromatic rings. The van der Waals surface area contributed by atoms with E-state index in [1.165, 1.54) is 16.9 Å². The predicted octanol–water partition coefficient (Wildman–Crippen LogP) is 4.42. The molecule has 0 fully saturated rings. The summed E-state index contributed by atoms with van der Waals surface area (Å²) in [5.74, 6) is 0.274. The average Bonchev–Trinajstić information content (AvgIpc) is 2.99. The van der Waals surface area contributed by atoms with Crippen LogP contribution in [-0.2, 0) is 17.6 Å². The fourth-order valence-corrected chi connectivity index (χ4v) is 4.80. The number of nitrogens with zero attached hydrogens (tertiary/aromatic N) is 1. The molecule has 1 aromatic heterocycles. The fourth-order valence-electron chi connectivity index (χ4n) is 3.54. The molecular weight excluding hydrogens is 342 g/mol. The monoisotopic (exact) mass is 367 g/mol. The summed E-state index contributed by atoms with van der Waals surface area (Å²) in [6.45, 7) is 4.51. The maximum Gasteiger partial charge on any atom is 0.238 e. The first kappa shape index (κ1) is 18.6. The third-order valence-corrected chi connectivity index (χ3v) is 6.05. The standard InChI is InChI=1S/C21H25N3OS/c1-14(2)20(15-8-4-3-5-9-15)23-13-19(25)24-21-17(12-22)16-10-6-7-11-18(16)26-21/h3-5,8-9,14,20,23H,6-7,10-11,13H2,1-2H3,(H,24,25)/t20-/m0/s1. The van der Waals surface area contributed by atoms with Crippen LogP contribution in [0.25, 0.3) is 0 Å². The number of benzene rings is 1. The van der Waals surface area contributed by atoms with E-state index in [9.17, 15) is 10.1 Å².